The Morgan fingerprint density at radius 1 is 1.50 bits per heavy atom. The monoisotopic (exact) mass is 222 g/mol. The highest BCUT2D eigenvalue weighted by atomic mass is 16.1. The Morgan fingerprint density at radius 2 is 2.25 bits per heavy atom. The van der Waals surface area contributed by atoms with E-state index in [1.54, 1.807) is 10.9 Å². The Kier molecular flexibility index (Phi) is 3.44. The predicted octanol–water partition coefficient (Wildman–Crippen LogP) is 1.11. The van der Waals surface area contributed by atoms with Crippen LogP contribution < -0.4 is 11.1 Å². The lowest BCUT2D eigenvalue weighted by atomic mass is 9.95. The van der Waals surface area contributed by atoms with Gasteiger partial charge >= 0.3 is 0 Å². The minimum Gasteiger partial charge on any atom is -0.380 e. The Labute approximate surface area is 95.0 Å². The molecule has 1 aromatic heterocycles. The molecule has 3 N–H and O–H groups in total. The zero-order valence-electron chi connectivity index (χ0n) is 9.35. The van der Waals surface area contributed by atoms with Crippen molar-refractivity contribution >= 4 is 11.6 Å². The molecule has 0 aromatic carbocycles. The number of aromatic nitrogens is 2. The Bertz CT molecular complexity index is 355. The van der Waals surface area contributed by atoms with Crippen molar-refractivity contribution < 1.29 is 4.79 Å². The Morgan fingerprint density at radius 3 is 2.94 bits per heavy atom. The summed E-state index contributed by atoms with van der Waals surface area (Å²) >= 11 is 0. The summed E-state index contributed by atoms with van der Waals surface area (Å²) < 4.78 is 1.56. The number of nitrogens with one attached hydrogen (secondary N) is 1. The number of carbonyl (C=O) groups excluding carboxylic acids is 1. The predicted molar refractivity (Wildman–Crippen MR) is 61.9 cm³/mol. The van der Waals surface area contributed by atoms with E-state index >= 15 is 0 Å². The van der Waals surface area contributed by atoms with Crippen molar-refractivity contribution in [3.63, 3.8) is 0 Å². The van der Waals surface area contributed by atoms with Crippen LogP contribution in [0.4, 0.5) is 5.69 Å². The van der Waals surface area contributed by atoms with E-state index in [1.165, 1.54) is 32.1 Å². The molecule has 0 bridgehead atoms. The molecule has 1 fully saturated rings. The van der Waals surface area contributed by atoms with Crippen molar-refractivity contribution in [3.05, 3.63) is 12.4 Å². The van der Waals surface area contributed by atoms with E-state index in [9.17, 15) is 4.79 Å². The summed E-state index contributed by atoms with van der Waals surface area (Å²) in [5.74, 6) is -0.368. The molecule has 0 saturated heterocycles. The topological polar surface area (TPSA) is 72.9 Å². The van der Waals surface area contributed by atoms with Crippen molar-refractivity contribution in [2.75, 3.05) is 5.32 Å². The fourth-order valence-electron chi connectivity index (χ4n) is 2.17. The lowest BCUT2D eigenvalue weighted by Crippen LogP contribution is -2.22. The van der Waals surface area contributed by atoms with E-state index in [-0.39, 0.29) is 12.5 Å². The number of nitrogens with zero attached hydrogens (tertiary/aromatic N) is 2. The van der Waals surface area contributed by atoms with Gasteiger partial charge in [0.15, 0.2) is 0 Å². The highest BCUT2D eigenvalue weighted by Crippen LogP contribution is 2.21. The molecule has 88 valence electrons. The fourth-order valence-corrected chi connectivity index (χ4v) is 2.17. The first kappa shape index (κ1) is 11.0. The second kappa shape index (κ2) is 5.01. The van der Waals surface area contributed by atoms with Gasteiger partial charge in [0.1, 0.15) is 6.54 Å². The van der Waals surface area contributed by atoms with Crippen LogP contribution in [0, 0.1) is 0 Å². The molecule has 0 unspecified atom stereocenters. The number of primary amides is 1. The van der Waals surface area contributed by atoms with Crippen LogP contribution in [0.1, 0.15) is 32.1 Å². The smallest absolute Gasteiger partial charge is 0.239 e. The number of rotatable bonds is 4. The zero-order chi connectivity index (χ0) is 11.4. The highest BCUT2D eigenvalue weighted by Gasteiger charge is 2.13. The molecule has 1 saturated carbocycles. The quantitative estimate of drug-likeness (QED) is 0.801. The van der Waals surface area contributed by atoms with Crippen molar-refractivity contribution in [1.29, 1.82) is 0 Å². The normalized spacial score (nSPS) is 17.2. The van der Waals surface area contributed by atoms with Crippen LogP contribution in [0.15, 0.2) is 12.4 Å². The second-order valence-electron chi connectivity index (χ2n) is 4.37. The minimum atomic E-state index is -0.368. The van der Waals surface area contributed by atoms with Crippen LogP contribution in [0.3, 0.4) is 0 Å². The molecular formula is C11H18N4O. The first-order valence-corrected chi connectivity index (χ1v) is 5.81. The average molecular weight is 222 g/mol. The number of hydrogen-bond acceptors (Lipinski definition) is 3. The van der Waals surface area contributed by atoms with E-state index in [4.69, 9.17) is 5.73 Å². The molecule has 0 radical (unpaired) electrons. The molecule has 0 aliphatic heterocycles. The number of hydrogen-bond donors (Lipinski definition) is 2. The Hall–Kier alpha value is -1.52. The fraction of sp³-hybridized carbons (Fsp3) is 0.636. The standard InChI is InChI=1S/C11H18N4O/c12-11(16)8-15-7-10(6-13-15)14-9-4-2-1-3-5-9/h6-7,9,14H,1-5,8H2,(H2,12,16). The summed E-state index contributed by atoms with van der Waals surface area (Å²) in [7, 11) is 0. The third-order valence-electron chi connectivity index (χ3n) is 2.93. The van der Waals surface area contributed by atoms with Gasteiger partial charge in [-0.25, -0.2) is 0 Å². The van der Waals surface area contributed by atoms with E-state index in [0.717, 1.165) is 5.69 Å². The van der Waals surface area contributed by atoms with Gasteiger partial charge in [0.2, 0.25) is 5.91 Å². The molecule has 0 spiro atoms. The molecule has 1 heterocycles. The number of carbonyl (C=O) groups is 1. The lowest BCUT2D eigenvalue weighted by molar-refractivity contribution is -0.118. The third kappa shape index (κ3) is 2.98. The van der Waals surface area contributed by atoms with Gasteiger partial charge in [-0.05, 0) is 12.8 Å². The minimum absolute atomic E-state index is 0.145. The van der Waals surface area contributed by atoms with E-state index in [0.29, 0.717) is 6.04 Å². The molecule has 0 atom stereocenters. The molecule has 5 nitrogen and oxygen atoms in total. The second-order valence-corrected chi connectivity index (χ2v) is 4.37. The molecule has 1 aliphatic rings. The van der Waals surface area contributed by atoms with E-state index in [1.807, 2.05) is 6.20 Å². The van der Waals surface area contributed by atoms with E-state index < -0.39 is 0 Å². The maximum absolute atomic E-state index is 10.7. The van der Waals surface area contributed by atoms with Crippen LogP contribution in [0.2, 0.25) is 0 Å². The van der Waals surface area contributed by atoms with Crippen LogP contribution >= 0.6 is 0 Å². The molecule has 1 aromatic rings. The lowest BCUT2D eigenvalue weighted by Gasteiger charge is -2.22. The number of amides is 1. The van der Waals surface area contributed by atoms with Gasteiger partial charge in [-0.3, -0.25) is 9.48 Å². The van der Waals surface area contributed by atoms with Crippen molar-refractivity contribution in [2.45, 2.75) is 44.7 Å². The van der Waals surface area contributed by atoms with Crippen LogP contribution in [0.5, 0.6) is 0 Å². The van der Waals surface area contributed by atoms with Gasteiger partial charge in [0, 0.05) is 12.2 Å². The van der Waals surface area contributed by atoms with Crippen molar-refractivity contribution in [1.82, 2.24) is 9.78 Å². The van der Waals surface area contributed by atoms with Gasteiger partial charge in [-0.2, -0.15) is 5.10 Å². The third-order valence-corrected chi connectivity index (χ3v) is 2.93. The number of nitrogens with two attached hydrogens (primary N) is 1. The van der Waals surface area contributed by atoms with Gasteiger partial charge < -0.3 is 11.1 Å². The van der Waals surface area contributed by atoms with Crippen LogP contribution in [-0.2, 0) is 11.3 Å². The zero-order valence-corrected chi connectivity index (χ0v) is 9.35. The summed E-state index contributed by atoms with van der Waals surface area (Å²) in [5.41, 5.74) is 6.08. The largest absolute Gasteiger partial charge is 0.380 e. The Balaban J connectivity index is 1.88. The SMILES string of the molecule is NC(=O)Cn1cc(NC2CCCCC2)cn1. The summed E-state index contributed by atoms with van der Waals surface area (Å²) in [6, 6.07) is 0.556. The molecule has 1 amide bonds. The first-order chi connectivity index (χ1) is 7.74. The average Bonchev–Trinajstić information content (AvgIpc) is 2.66. The van der Waals surface area contributed by atoms with Crippen molar-refractivity contribution in [3.8, 4) is 0 Å². The number of anilines is 1. The maximum atomic E-state index is 10.7. The molecule has 16 heavy (non-hydrogen) atoms. The first-order valence-electron chi connectivity index (χ1n) is 5.81. The summed E-state index contributed by atoms with van der Waals surface area (Å²) in [5, 5.41) is 7.51. The maximum Gasteiger partial charge on any atom is 0.239 e. The summed E-state index contributed by atoms with van der Waals surface area (Å²) in [4.78, 5) is 10.7. The van der Waals surface area contributed by atoms with Gasteiger partial charge in [-0.15, -0.1) is 0 Å². The van der Waals surface area contributed by atoms with Crippen LogP contribution in [-0.4, -0.2) is 21.7 Å². The van der Waals surface area contributed by atoms with E-state index in [2.05, 4.69) is 10.4 Å². The molecule has 1 aliphatic carbocycles. The van der Waals surface area contributed by atoms with Crippen LogP contribution in [0.25, 0.3) is 0 Å². The summed E-state index contributed by atoms with van der Waals surface area (Å²) in [6.07, 6.45) is 9.97. The molecule has 2 rings (SSSR count). The molecule has 5 heteroatoms. The summed E-state index contributed by atoms with van der Waals surface area (Å²) in [6.45, 7) is 0.145. The van der Waals surface area contributed by atoms with Gasteiger partial charge in [0.25, 0.3) is 0 Å². The van der Waals surface area contributed by atoms with Gasteiger partial charge in [0.05, 0.1) is 11.9 Å². The molecular weight excluding hydrogens is 204 g/mol. The van der Waals surface area contributed by atoms with Gasteiger partial charge in [-0.1, -0.05) is 19.3 Å². The van der Waals surface area contributed by atoms with Crippen molar-refractivity contribution in [2.24, 2.45) is 5.73 Å². The highest BCUT2D eigenvalue weighted by molar-refractivity contribution is 5.73.